The van der Waals surface area contributed by atoms with Crippen molar-refractivity contribution in [1.82, 2.24) is 0 Å². The van der Waals surface area contributed by atoms with Crippen LogP contribution in [0, 0.1) is 31.8 Å². The lowest BCUT2D eigenvalue weighted by Crippen LogP contribution is -2.17. The van der Waals surface area contributed by atoms with Crippen molar-refractivity contribution in [1.29, 1.82) is 0 Å². The van der Waals surface area contributed by atoms with Crippen molar-refractivity contribution >= 4 is 34.0 Å². The largest absolute Gasteiger partial charge is 0.366 e. The van der Waals surface area contributed by atoms with E-state index in [0.29, 0.717) is 6.42 Å². The van der Waals surface area contributed by atoms with E-state index >= 15 is 0 Å². The highest BCUT2D eigenvalue weighted by molar-refractivity contribution is 14.1. The lowest BCUT2D eigenvalue weighted by Gasteiger charge is -2.12. The summed E-state index contributed by atoms with van der Waals surface area (Å²) in [7, 11) is 0. The Morgan fingerprint density at radius 3 is 2.82 bits per heavy atom. The summed E-state index contributed by atoms with van der Waals surface area (Å²) in [5.41, 5.74) is -0.0674. The molecule has 17 heavy (non-hydrogen) atoms. The Morgan fingerprint density at radius 1 is 1.71 bits per heavy atom. The first-order valence-corrected chi connectivity index (χ1v) is 5.93. The minimum Gasteiger partial charge on any atom is -0.366 e. The van der Waals surface area contributed by atoms with Crippen LogP contribution >= 0.6 is 22.6 Å². The van der Waals surface area contributed by atoms with Gasteiger partial charge in [0, 0.05) is 12.1 Å². The van der Waals surface area contributed by atoms with E-state index in [0.717, 1.165) is 6.07 Å². The number of anilines is 1. The van der Waals surface area contributed by atoms with Crippen molar-refractivity contribution in [3.8, 4) is 12.3 Å². The molecule has 0 aliphatic rings. The van der Waals surface area contributed by atoms with Gasteiger partial charge in [0.2, 0.25) is 0 Å². The fourth-order valence-electron chi connectivity index (χ4n) is 1.25. The molecule has 0 fully saturated rings. The number of nitrogens with one attached hydrogen (secondary N) is 1. The predicted molar refractivity (Wildman–Crippen MR) is 72.3 cm³/mol. The third-order valence-electron chi connectivity index (χ3n) is 2.17. The zero-order valence-corrected chi connectivity index (χ0v) is 11.2. The fourth-order valence-corrected chi connectivity index (χ4v) is 1.70. The van der Waals surface area contributed by atoms with Gasteiger partial charge in [-0.1, -0.05) is 12.8 Å². The molecule has 0 spiro atoms. The van der Waals surface area contributed by atoms with Gasteiger partial charge >= 0.3 is 0 Å². The lowest BCUT2D eigenvalue weighted by molar-refractivity contribution is -0.384. The van der Waals surface area contributed by atoms with E-state index in [9.17, 15) is 14.5 Å². The fraction of sp³-hybridized carbons (Fsp3) is 0.273. The van der Waals surface area contributed by atoms with Crippen LogP contribution in [-0.2, 0) is 0 Å². The lowest BCUT2D eigenvalue weighted by atomic mass is 10.2. The van der Waals surface area contributed by atoms with E-state index in [1.807, 2.05) is 6.92 Å². The molecule has 90 valence electrons. The highest BCUT2D eigenvalue weighted by Crippen LogP contribution is 2.29. The van der Waals surface area contributed by atoms with Crippen LogP contribution < -0.4 is 5.32 Å². The molecule has 6 heteroatoms. The van der Waals surface area contributed by atoms with Gasteiger partial charge in [-0.25, -0.2) is 4.39 Å². The topological polar surface area (TPSA) is 55.2 Å². The van der Waals surface area contributed by atoms with E-state index in [4.69, 9.17) is 6.42 Å². The summed E-state index contributed by atoms with van der Waals surface area (Å²) in [6.07, 6.45) is 5.85. The molecule has 0 heterocycles. The predicted octanol–water partition coefficient (Wildman–Crippen LogP) is 3.16. The molecule has 0 bridgehead atoms. The summed E-state index contributed by atoms with van der Waals surface area (Å²) >= 11 is 1.70. The maximum Gasteiger partial charge on any atom is 0.293 e. The van der Waals surface area contributed by atoms with E-state index < -0.39 is 10.7 Å². The Morgan fingerprint density at radius 2 is 2.35 bits per heavy atom. The molecule has 0 aliphatic heterocycles. The van der Waals surface area contributed by atoms with Crippen LogP contribution in [0.5, 0.6) is 0 Å². The molecule has 1 atom stereocenters. The van der Waals surface area contributed by atoms with Gasteiger partial charge in [0.25, 0.3) is 5.69 Å². The number of nitrogens with zero attached hydrogens (tertiary/aromatic N) is 1. The van der Waals surface area contributed by atoms with Crippen molar-refractivity contribution < 1.29 is 9.31 Å². The van der Waals surface area contributed by atoms with Gasteiger partial charge in [0.1, 0.15) is 11.5 Å². The summed E-state index contributed by atoms with van der Waals surface area (Å²) in [5, 5.41) is 13.6. The summed E-state index contributed by atoms with van der Waals surface area (Å²) in [6, 6.07) is 1.93. The molecule has 0 saturated heterocycles. The van der Waals surface area contributed by atoms with Crippen LogP contribution in [0.4, 0.5) is 15.8 Å². The Labute approximate surface area is 112 Å². The first kappa shape index (κ1) is 13.7. The average molecular weight is 348 g/mol. The second-order valence-electron chi connectivity index (χ2n) is 3.31. The van der Waals surface area contributed by atoms with Crippen LogP contribution in [0.3, 0.4) is 0 Å². The van der Waals surface area contributed by atoms with Gasteiger partial charge in [-0.15, -0.1) is 6.42 Å². The van der Waals surface area contributed by atoms with Crippen molar-refractivity contribution in [3.63, 3.8) is 0 Å². The Bertz CT molecular complexity index is 485. The van der Waals surface area contributed by atoms with Gasteiger partial charge < -0.3 is 5.32 Å². The number of nitro groups is 1. The molecule has 1 aromatic carbocycles. The third-order valence-corrected chi connectivity index (χ3v) is 3.00. The molecule has 0 saturated carbocycles. The van der Waals surface area contributed by atoms with Crippen LogP contribution in [-0.4, -0.2) is 11.0 Å². The van der Waals surface area contributed by atoms with Crippen LogP contribution in [0.1, 0.15) is 13.3 Å². The number of benzene rings is 1. The number of rotatable bonds is 4. The first-order valence-electron chi connectivity index (χ1n) is 4.85. The molecule has 1 rings (SSSR count). The molecule has 1 unspecified atom stereocenters. The molecule has 1 aromatic rings. The van der Waals surface area contributed by atoms with Gasteiger partial charge in [-0.3, -0.25) is 10.1 Å². The maximum absolute atomic E-state index is 13.4. The van der Waals surface area contributed by atoms with Crippen LogP contribution in [0.15, 0.2) is 12.1 Å². The highest BCUT2D eigenvalue weighted by Gasteiger charge is 2.18. The highest BCUT2D eigenvalue weighted by atomic mass is 127. The zero-order valence-electron chi connectivity index (χ0n) is 9.04. The maximum atomic E-state index is 13.4. The van der Waals surface area contributed by atoms with E-state index in [2.05, 4.69) is 11.2 Å². The normalized spacial score (nSPS) is 11.6. The van der Waals surface area contributed by atoms with Crippen LogP contribution in [0.2, 0.25) is 0 Å². The number of terminal acetylenes is 1. The first-order chi connectivity index (χ1) is 7.99. The smallest absolute Gasteiger partial charge is 0.293 e. The monoisotopic (exact) mass is 348 g/mol. The van der Waals surface area contributed by atoms with Crippen molar-refractivity contribution in [2.24, 2.45) is 0 Å². The van der Waals surface area contributed by atoms with Gasteiger partial charge in [0.05, 0.1) is 14.5 Å². The molecule has 4 nitrogen and oxygen atoms in total. The van der Waals surface area contributed by atoms with Gasteiger partial charge in [-0.05, 0) is 29.0 Å². The third kappa shape index (κ3) is 3.30. The van der Waals surface area contributed by atoms with E-state index in [1.165, 1.54) is 6.07 Å². The molecule has 0 aliphatic carbocycles. The number of hydrogen-bond donors (Lipinski definition) is 1. The Hall–Kier alpha value is -1.36. The number of hydrogen-bond acceptors (Lipinski definition) is 3. The summed E-state index contributed by atoms with van der Waals surface area (Å²) in [4.78, 5) is 10.3. The van der Waals surface area contributed by atoms with E-state index in [-0.39, 0.29) is 21.0 Å². The molecule has 0 aromatic heterocycles. The minimum atomic E-state index is -0.562. The van der Waals surface area contributed by atoms with Gasteiger partial charge in [0.15, 0.2) is 0 Å². The second kappa shape index (κ2) is 5.82. The number of nitro benzene ring substituents is 1. The summed E-state index contributed by atoms with van der Waals surface area (Å²) < 4.78 is 13.6. The summed E-state index contributed by atoms with van der Waals surface area (Å²) in [6.45, 7) is 1.84. The minimum absolute atomic E-state index is 0.109. The van der Waals surface area contributed by atoms with Crippen LogP contribution in [0.25, 0.3) is 0 Å². The molecule has 0 amide bonds. The Balaban J connectivity index is 3.18. The molecular formula is C11H10FIN2O2. The van der Waals surface area contributed by atoms with Crippen molar-refractivity contribution in [3.05, 3.63) is 31.6 Å². The quantitative estimate of drug-likeness (QED) is 0.394. The standard InChI is InChI=1S/C11H10FIN2O2/c1-3-7(4-2)14-10-5-8(12)9(13)6-11(10)15(16)17/h1,5-7,14H,4H2,2H3. The second-order valence-corrected chi connectivity index (χ2v) is 4.47. The summed E-state index contributed by atoms with van der Waals surface area (Å²) in [5.74, 6) is 1.93. The molecule has 0 radical (unpaired) electrons. The van der Waals surface area contributed by atoms with Gasteiger partial charge in [-0.2, -0.15) is 0 Å². The zero-order chi connectivity index (χ0) is 13.0. The molecule has 1 N–H and O–H groups in total. The Kier molecular flexibility index (Phi) is 4.69. The van der Waals surface area contributed by atoms with E-state index in [1.54, 1.807) is 22.6 Å². The number of halogens is 2. The van der Waals surface area contributed by atoms with Crippen molar-refractivity contribution in [2.45, 2.75) is 19.4 Å². The SMILES string of the molecule is C#CC(CC)Nc1cc(F)c(I)cc1[N+](=O)[O-]. The average Bonchev–Trinajstić information content (AvgIpc) is 2.29. The van der Waals surface area contributed by atoms with Crippen molar-refractivity contribution in [2.75, 3.05) is 5.32 Å². The molecular weight excluding hydrogens is 338 g/mol.